The summed E-state index contributed by atoms with van der Waals surface area (Å²) in [6, 6.07) is 18.6. The van der Waals surface area contributed by atoms with Crippen LogP contribution < -0.4 is 10.6 Å². The zero-order valence-electron chi connectivity index (χ0n) is 19.7. The molecule has 36 heavy (non-hydrogen) atoms. The number of rotatable bonds is 8. The van der Waals surface area contributed by atoms with Gasteiger partial charge in [-0.1, -0.05) is 60.7 Å². The topological polar surface area (TPSA) is 151 Å². The maximum atomic E-state index is 11.4. The molecule has 0 heterocycles. The molecule has 4 rings (SSSR count). The highest BCUT2D eigenvalue weighted by Crippen LogP contribution is 2.28. The lowest BCUT2D eigenvalue weighted by atomic mass is 9.80. The van der Waals surface area contributed by atoms with Gasteiger partial charge in [0.2, 0.25) is 0 Å². The van der Waals surface area contributed by atoms with Crippen molar-refractivity contribution in [2.24, 2.45) is 11.8 Å². The average Bonchev–Trinajstić information content (AvgIpc) is 2.81. The summed E-state index contributed by atoms with van der Waals surface area (Å²) in [4.78, 5) is 44.0. The van der Waals surface area contributed by atoms with Gasteiger partial charge in [-0.15, -0.1) is 0 Å². The number of amides is 2. The Kier molecular flexibility index (Phi) is 9.67. The van der Waals surface area contributed by atoms with Crippen LogP contribution in [0, 0.1) is 11.8 Å². The van der Waals surface area contributed by atoms with E-state index in [1.165, 1.54) is 0 Å². The molecule has 0 aromatic heterocycles. The quantitative estimate of drug-likeness (QED) is 0.431. The first-order chi connectivity index (χ1) is 17.3. The molecule has 10 heteroatoms. The molecule has 2 saturated carbocycles. The molecule has 2 aromatic carbocycles. The molecule has 2 aliphatic carbocycles. The summed E-state index contributed by atoms with van der Waals surface area (Å²) in [7, 11) is 0. The first-order valence-electron chi connectivity index (χ1n) is 11.7. The Labute approximate surface area is 208 Å². The molecule has 0 saturated heterocycles. The van der Waals surface area contributed by atoms with Gasteiger partial charge < -0.3 is 30.3 Å². The molecule has 0 unspecified atom stereocenters. The predicted molar refractivity (Wildman–Crippen MR) is 128 cm³/mol. The highest BCUT2D eigenvalue weighted by Gasteiger charge is 2.36. The van der Waals surface area contributed by atoms with Crippen LogP contribution in [0.25, 0.3) is 0 Å². The smallest absolute Gasteiger partial charge is 0.407 e. The monoisotopic (exact) mass is 498 g/mol. The van der Waals surface area contributed by atoms with Crippen molar-refractivity contribution in [3.8, 4) is 0 Å². The van der Waals surface area contributed by atoms with E-state index in [1.54, 1.807) is 0 Å². The first-order valence-corrected chi connectivity index (χ1v) is 11.7. The van der Waals surface area contributed by atoms with Crippen LogP contribution >= 0.6 is 0 Å². The zero-order valence-corrected chi connectivity index (χ0v) is 19.7. The summed E-state index contributed by atoms with van der Waals surface area (Å²) in [6.45, 7) is 0.448. The summed E-state index contributed by atoms with van der Waals surface area (Å²) < 4.78 is 10.1. The van der Waals surface area contributed by atoms with E-state index in [-0.39, 0.29) is 37.1 Å². The van der Waals surface area contributed by atoms with Crippen molar-refractivity contribution in [2.45, 2.75) is 51.0 Å². The molecule has 4 N–H and O–H groups in total. The van der Waals surface area contributed by atoms with E-state index >= 15 is 0 Å². The summed E-state index contributed by atoms with van der Waals surface area (Å²) >= 11 is 0. The summed E-state index contributed by atoms with van der Waals surface area (Å²) in [5, 5.41) is 22.7. The van der Waals surface area contributed by atoms with Crippen molar-refractivity contribution in [3.05, 3.63) is 71.8 Å². The predicted octanol–water partition coefficient (Wildman–Crippen LogP) is 3.55. The lowest BCUT2D eigenvalue weighted by molar-refractivity contribution is -0.146. The van der Waals surface area contributed by atoms with E-state index in [0.29, 0.717) is 25.7 Å². The molecule has 0 aliphatic heterocycles. The Morgan fingerprint density at radius 2 is 0.972 bits per heavy atom. The molecule has 10 nitrogen and oxygen atoms in total. The van der Waals surface area contributed by atoms with Crippen molar-refractivity contribution in [3.63, 3.8) is 0 Å². The van der Waals surface area contributed by atoms with E-state index in [9.17, 15) is 19.2 Å². The molecule has 0 bridgehead atoms. The van der Waals surface area contributed by atoms with Crippen LogP contribution in [-0.2, 0) is 32.3 Å². The third-order valence-electron chi connectivity index (χ3n) is 6.04. The van der Waals surface area contributed by atoms with Crippen molar-refractivity contribution in [2.75, 3.05) is 0 Å². The first kappa shape index (κ1) is 26.5. The van der Waals surface area contributed by atoms with Crippen molar-refractivity contribution in [1.29, 1.82) is 0 Å². The van der Waals surface area contributed by atoms with Gasteiger partial charge in [-0.25, -0.2) is 9.59 Å². The largest absolute Gasteiger partial charge is 0.481 e. The Morgan fingerprint density at radius 3 is 1.28 bits per heavy atom. The van der Waals surface area contributed by atoms with Gasteiger partial charge in [0.25, 0.3) is 0 Å². The second-order valence-corrected chi connectivity index (χ2v) is 8.82. The number of ether oxygens (including phenoxy) is 2. The van der Waals surface area contributed by atoms with E-state index < -0.39 is 24.1 Å². The molecule has 2 amide bonds. The normalized spacial score (nSPS) is 21.8. The molecular weight excluding hydrogens is 468 g/mol. The van der Waals surface area contributed by atoms with E-state index in [1.807, 2.05) is 60.7 Å². The minimum absolute atomic E-state index is 0.0747. The number of carboxylic acids is 2. The van der Waals surface area contributed by atoms with Crippen LogP contribution in [0.1, 0.15) is 36.8 Å². The molecular formula is C26H30N2O8. The third-order valence-corrected chi connectivity index (χ3v) is 6.04. The van der Waals surface area contributed by atoms with Crippen LogP contribution in [0.4, 0.5) is 9.59 Å². The lowest BCUT2D eigenvalue weighted by Gasteiger charge is -2.32. The number of carbonyl (C=O) groups excluding carboxylic acids is 2. The average molecular weight is 499 g/mol. The SMILES string of the molecule is O=C(NC1CC(C(=O)O)C1)OCc1ccccc1.O=C(NC1CC(C(=O)O)C1)OCc1ccccc1. The summed E-state index contributed by atoms with van der Waals surface area (Å²) in [6.07, 6.45) is 0.942. The fourth-order valence-electron chi connectivity index (χ4n) is 3.74. The standard InChI is InChI=1S/2C13H15NO4/c2*15-12(16)10-6-11(7-10)14-13(17)18-8-9-4-2-1-3-5-9/h2*1-5,10-11H,6-8H2,(H,14,17)(H,15,16). The molecule has 0 spiro atoms. The van der Waals surface area contributed by atoms with Crippen molar-refractivity contribution >= 4 is 24.1 Å². The number of carboxylic acid groups (broad SMARTS) is 2. The Hall–Kier alpha value is -4.08. The Balaban J connectivity index is 0.000000201. The number of nitrogens with one attached hydrogen (secondary N) is 2. The van der Waals surface area contributed by atoms with Crippen LogP contribution in [0.3, 0.4) is 0 Å². The second kappa shape index (κ2) is 13.1. The van der Waals surface area contributed by atoms with Crippen LogP contribution in [0.15, 0.2) is 60.7 Å². The lowest BCUT2D eigenvalue weighted by Crippen LogP contribution is -2.46. The second-order valence-electron chi connectivity index (χ2n) is 8.82. The van der Waals surface area contributed by atoms with Gasteiger partial charge >= 0.3 is 24.1 Å². The molecule has 0 atom stereocenters. The maximum Gasteiger partial charge on any atom is 0.407 e. The maximum absolute atomic E-state index is 11.4. The number of alkyl carbamates (subject to hydrolysis) is 2. The van der Waals surface area contributed by atoms with Crippen LogP contribution in [-0.4, -0.2) is 46.4 Å². The van der Waals surface area contributed by atoms with Gasteiger partial charge in [-0.05, 0) is 36.8 Å². The number of aliphatic carboxylic acids is 2. The number of benzene rings is 2. The van der Waals surface area contributed by atoms with Gasteiger partial charge in [-0.2, -0.15) is 0 Å². The summed E-state index contributed by atoms with van der Waals surface area (Å²) in [5.74, 6) is -2.26. The fourth-order valence-corrected chi connectivity index (χ4v) is 3.74. The van der Waals surface area contributed by atoms with E-state index in [0.717, 1.165) is 11.1 Å². The summed E-state index contributed by atoms with van der Waals surface area (Å²) in [5.41, 5.74) is 1.84. The highest BCUT2D eigenvalue weighted by molar-refractivity contribution is 5.73. The van der Waals surface area contributed by atoms with Gasteiger partial charge in [0.1, 0.15) is 13.2 Å². The van der Waals surface area contributed by atoms with Crippen LogP contribution in [0.2, 0.25) is 0 Å². The minimum atomic E-state index is -0.800. The minimum Gasteiger partial charge on any atom is -0.481 e. The van der Waals surface area contributed by atoms with E-state index in [2.05, 4.69) is 10.6 Å². The highest BCUT2D eigenvalue weighted by atomic mass is 16.6. The van der Waals surface area contributed by atoms with Crippen LogP contribution in [0.5, 0.6) is 0 Å². The number of hydrogen-bond acceptors (Lipinski definition) is 6. The van der Waals surface area contributed by atoms with E-state index in [4.69, 9.17) is 19.7 Å². The molecule has 2 aliphatic rings. The fraction of sp³-hybridized carbons (Fsp3) is 0.385. The number of hydrogen-bond donors (Lipinski definition) is 4. The molecule has 0 radical (unpaired) electrons. The Bertz CT molecular complexity index is 935. The van der Waals surface area contributed by atoms with Crippen molar-refractivity contribution in [1.82, 2.24) is 10.6 Å². The molecule has 2 aromatic rings. The molecule has 192 valence electrons. The van der Waals surface area contributed by atoms with Crippen molar-refractivity contribution < 1.29 is 38.9 Å². The third kappa shape index (κ3) is 8.61. The zero-order chi connectivity index (χ0) is 25.9. The Morgan fingerprint density at radius 1 is 0.639 bits per heavy atom. The number of carbonyl (C=O) groups is 4. The van der Waals surface area contributed by atoms with Gasteiger partial charge in [0.05, 0.1) is 11.8 Å². The van der Waals surface area contributed by atoms with Gasteiger partial charge in [0, 0.05) is 12.1 Å². The molecule has 2 fully saturated rings. The van der Waals surface area contributed by atoms with Gasteiger partial charge in [0.15, 0.2) is 0 Å². The van der Waals surface area contributed by atoms with Gasteiger partial charge in [-0.3, -0.25) is 9.59 Å².